The van der Waals surface area contributed by atoms with E-state index in [1.807, 2.05) is 97.9 Å². The third-order valence-corrected chi connectivity index (χ3v) is 3.83. The molecule has 0 heterocycles. The van der Waals surface area contributed by atoms with Crippen LogP contribution in [0.15, 0.2) is 84.9 Å². The molecule has 118 valence electrons. The second-order valence-electron chi connectivity index (χ2n) is 5.60. The Morgan fingerprint density at radius 1 is 0.792 bits per heavy atom. The van der Waals surface area contributed by atoms with Crippen LogP contribution in [-0.2, 0) is 4.79 Å². The molecule has 0 fully saturated rings. The highest BCUT2D eigenvalue weighted by molar-refractivity contribution is 6.29. The molecule has 0 aliphatic heterocycles. The fourth-order valence-corrected chi connectivity index (χ4v) is 2.52. The van der Waals surface area contributed by atoms with Crippen molar-refractivity contribution in [2.75, 3.05) is 5.32 Å². The molecule has 0 saturated heterocycles. The first-order valence-corrected chi connectivity index (χ1v) is 7.93. The predicted octanol–water partition coefficient (Wildman–Crippen LogP) is 5.17. The fraction of sp³-hybridized carbons (Fsp3) is 0.0455. The maximum Gasteiger partial charge on any atom is 0.256 e. The molecule has 1 N–H and O–H groups in total. The van der Waals surface area contributed by atoms with E-state index in [2.05, 4.69) is 5.32 Å². The van der Waals surface area contributed by atoms with Crippen molar-refractivity contribution in [3.05, 3.63) is 102 Å². The molecule has 0 atom stereocenters. The summed E-state index contributed by atoms with van der Waals surface area (Å²) in [6.45, 7) is 1.98. The van der Waals surface area contributed by atoms with Crippen molar-refractivity contribution in [2.45, 2.75) is 6.92 Å². The molecule has 0 spiro atoms. The molecule has 0 aromatic heterocycles. The van der Waals surface area contributed by atoms with E-state index in [0.29, 0.717) is 5.57 Å². The Morgan fingerprint density at radius 3 is 2.04 bits per heavy atom. The van der Waals surface area contributed by atoms with Crippen molar-refractivity contribution < 1.29 is 4.79 Å². The number of amides is 1. The fourth-order valence-electron chi connectivity index (χ4n) is 2.52. The lowest BCUT2D eigenvalue weighted by molar-refractivity contribution is -0.111. The van der Waals surface area contributed by atoms with E-state index in [1.54, 1.807) is 0 Å². The molecule has 0 bridgehead atoms. The smallest absolute Gasteiger partial charge is 0.256 e. The van der Waals surface area contributed by atoms with Crippen LogP contribution in [-0.4, -0.2) is 5.91 Å². The van der Waals surface area contributed by atoms with Crippen LogP contribution in [0.25, 0.3) is 11.6 Å². The van der Waals surface area contributed by atoms with Crippen molar-refractivity contribution in [1.82, 2.24) is 0 Å². The number of benzene rings is 3. The Balaban J connectivity index is 1.97. The summed E-state index contributed by atoms with van der Waals surface area (Å²) in [5.41, 5.74) is 4.41. The van der Waals surface area contributed by atoms with Crippen LogP contribution < -0.4 is 5.32 Å². The molecule has 0 unspecified atom stereocenters. The van der Waals surface area contributed by atoms with E-state index < -0.39 is 0 Å². The molecule has 0 aliphatic carbocycles. The first kappa shape index (κ1) is 15.8. The van der Waals surface area contributed by atoms with E-state index in [4.69, 9.17) is 0 Å². The molecule has 1 amide bonds. The minimum absolute atomic E-state index is 0.112. The largest absolute Gasteiger partial charge is 0.322 e. The lowest BCUT2D eigenvalue weighted by Gasteiger charge is -2.11. The third-order valence-electron chi connectivity index (χ3n) is 3.83. The summed E-state index contributed by atoms with van der Waals surface area (Å²) in [5, 5.41) is 3.02. The summed E-state index contributed by atoms with van der Waals surface area (Å²) in [6.07, 6.45) is 1.92. The molecular formula is C22H19NO. The summed E-state index contributed by atoms with van der Waals surface area (Å²) in [5.74, 6) is -0.112. The van der Waals surface area contributed by atoms with Crippen LogP contribution in [0.5, 0.6) is 0 Å². The molecule has 0 aliphatic rings. The zero-order valence-corrected chi connectivity index (χ0v) is 13.6. The number of carbonyl (C=O) groups excluding carboxylic acids is 1. The number of carbonyl (C=O) groups is 1. The molecule has 0 radical (unpaired) electrons. The summed E-state index contributed by atoms with van der Waals surface area (Å²) in [7, 11) is 0. The van der Waals surface area contributed by atoms with Crippen molar-refractivity contribution in [3.63, 3.8) is 0 Å². The molecule has 3 rings (SSSR count). The SMILES string of the molecule is Cc1ccccc1NC(=O)/C(=C/c1ccccc1)c1ccccc1. The molecule has 3 aromatic rings. The van der Waals surface area contributed by atoms with Gasteiger partial charge in [-0.2, -0.15) is 0 Å². The molecule has 24 heavy (non-hydrogen) atoms. The number of aryl methyl sites for hydroxylation is 1. The second kappa shape index (κ2) is 7.42. The number of nitrogens with one attached hydrogen (secondary N) is 1. The highest BCUT2D eigenvalue weighted by atomic mass is 16.1. The van der Waals surface area contributed by atoms with Gasteiger partial charge < -0.3 is 5.32 Å². The van der Waals surface area contributed by atoms with Crippen molar-refractivity contribution in [3.8, 4) is 0 Å². The second-order valence-corrected chi connectivity index (χ2v) is 5.60. The van der Waals surface area contributed by atoms with Crippen LogP contribution in [0.1, 0.15) is 16.7 Å². The summed E-state index contributed by atoms with van der Waals surface area (Å²) >= 11 is 0. The highest BCUT2D eigenvalue weighted by Gasteiger charge is 2.13. The Hall–Kier alpha value is -3.13. The Bertz CT molecular complexity index is 851. The average molecular weight is 313 g/mol. The minimum Gasteiger partial charge on any atom is -0.322 e. The van der Waals surface area contributed by atoms with Gasteiger partial charge in [0.15, 0.2) is 0 Å². The summed E-state index contributed by atoms with van der Waals surface area (Å²) in [4.78, 5) is 12.9. The van der Waals surface area contributed by atoms with Crippen LogP contribution in [0, 0.1) is 6.92 Å². The summed E-state index contributed by atoms with van der Waals surface area (Å²) in [6, 6.07) is 27.4. The highest BCUT2D eigenvalue weighted by Crippen LogP contribution is 2.22. The topological polar surface area (TPSA) is 29.1 Å². The Labute approximate surface area is 142 Å². The minimum atomic E-state index is -0.112. The van der Waals surface area contributed by atoms with Crippen LogP contribution in [0.3, 0.4) is 0 Å². The monoisotopic (exact) mass is 313 g/mol. The number of hydrogen-bond acceptors (Lipinski definition) is 1. The van der Waals surface area contributed by atoms with Gasteiger partial charge >= 0.3 is 0 Å². The van der Waals surface area contributed by atoms with E-state index in [0.717, 1.165) is 22.4 Å². The lowest BCUT2D eigenvalue weighted by Crippen LogP contribution is -2.14. The van der Waals surface area contributed by atoms with Gasteiger partial charge in [-0.3, -0.25) is 4.79 Å². The predicted molar refractivity (Wildman–Crippen MR) is 101 cm³/mol. The van der Waals surface area contributed by atoms with Crippen LogP contribution >= 0.6 is 0 Å². The number of hydrogen-bond donors (Lipinski definition) is 1. The van der Waals surface area contributed by atoms with E-state index in [-0.39, 0.29) is 5.91 Å². The molecule has 0 saturated carbocycles. The number of rotatable bonds is 4. The molecule has 3 aromatic carbocycles. The van der Waals surface area contributed by atoms with Crippen molar-refractivity contribution in [1.29, 1.82) is 0 Å². The van der Waals surface area contributed by atoms with Gasteiger partial charge in [-0.15, -0.1) is 0 Å². The quantitative estimate of drug-likeness (QED) is 0.522. The average Bonchev–Trinajstić information content (AvgIpc) is 2.63. The summed E-state index contributed by atoms with van der Waals surface area (Å²) < 4.78 is 0. The third kappa shape index (κ3) is 3.79. The van der Waals surface area contributed by atoms with Gasteiger partial charge in [0.25, 0.3) is 5.91 Å². The maximum atomic E-state index is 12.9. The van der Waals surface area contributed by atoms with Gasteiger partial charge in [-0.05, 0) is 35.8 Å². The van der Waals surface area contributed by atoms with Crippen LogP contribution in [0.4, 0.5) is 5.69 Å². The van der Waals surface area contributed by atoms with Gasteiger partial charge in [0.2, 0.25) is 0 Å². The Kier molecular flexibility index (Phi) is 4.87. The van der Waals surface area contributed by atoms with Gasteiger partial charge in [0.1, 0.15) is 0 Å². The first-order valence-electron chi connectivity index (χ1n) is 7.93. The van der Waals surface area contributed by atoms with Crippen molar-refractivity contribution >= 4 is 23.2 Å². The van der Waals surface area contributed by atoms with Gasteiger partial charge in [0, 0.05) is 11.3 Å². The number of anilines is 1. The van der Waals surface area contributed by atoms with Gasteiger partial charge in [-0.25, -0.2) is 0 Å². The normalized spacial score (nSPS) is 11.1. The molecule has 2 nitrogen and oxygen atoms in total. The van der Waals surface area contributed by atoms with E-state index in [9.17, 15) is 4.79 Å². The van der Waals surface area contributed by atoms with Gasteiger partial charge in [0.05, 0.1) is 0 Å². The standard InChI is InChI=1S/C22H19NO/c1-17-10-8-9-15-21(17)23-22(24)20(19-13-6-3-7-14-19)16-18-11-4-2-5-12-18/h2-16H,1H3,(H,23,24)/b20-16+. The van der Waals surface area contributed by atoms with Crippen LogP contribution in [0.2, 0.25) is 0 Å². The van der Waals surface area contributed by atoms with Crippen molar-refractivity contribution in [2.24, 2.45) is 0 Å². The number of para-hydroxylation sites is 1. The van der Waals surface area contributed by atoms with Gasteiger partial charge in [-0.1, -0.05) is 78.9 Å². The molecular weight excluding hydrogens is 294 g/mol. The molecule has 2 heteroatoms. The lowest BCUT2D eigenvalue weighted by atomic mass is 10.0. The van der Waals surface area contributed by atoms with E-state index >= 15 is 0 Å². The first-order chi connectivity index (χ1) is 11.7. The van der Waals surface area contributed by atoms with E-state index in [1.165, 1.54) is 0 Å². The maximum absolute atomic E-state index is 12.9. The zero-order chi connectivity index (χ0) is 16.8. The Morgan fingerprint density at radius 2 is 1.38 bits per heavy atom. The zero-order valence-electron chi connectivity index (χ0n) is 13.6.